The predicted octanol–water partition coefficient (Wildman–Crippen LogP) is 6.10. The molecule has 8 nitrogen and oxygen atoms in total. The molecule has 5 aromatic rings. The topological polar surface area (TPSA) is 98.7 Å². The van der Waals surface area contributed by atoms with E-state index in [0.29, 0.717) is 47.3 Å². The average molecular weight is 531 g/mol. The molecule has 1 saturated heterocycles. The van der Waals surface area contributed by atoms with Crippen LogP contribution in [0.4, 0.5) is 14.6 Å². The van der Waals surface area contributed by atoms with Gasteiger partial charge in [-0.3, -0.25) is 15.0 Å². The van der Waals surface area contributed by atoms with E-state index in [9.17, 15) is 8.78 Å². The number of hydrogen-bond acceptors (Lipinski definition) is 7. The minimum atomic E-state index is -2.63. The maximum absolute atomic E-state index is 13.6. The minimum absolute atomic E-state index is 0.109. The monoisotopic (exact) mass is 530 g/mol. The van der Waals surface area contributed by atoms with Crippen molar-refractivity contribution in [3.05, 3.63) is 70.3 Å². The molecule has 0 aromatic carbocycles. The molecule has 6 rings (SSSR count). The highest BCUT2D eigenvalue weighted by Crippen LogP contribution is 2.34. The standard InChI is InChI=1S/C27H24F2N8S/c1-3-19(17-6-9-38-14-17)22-25(30-2)34-26(33-22)24-23-21(35-36-24)5-4-20(32-23)18-10-16(11-31-12-18)13-37-8-7-27(28,29)15-37/h3-6,9-12,14H,2,7-8,13,15H2,1H3,(H,33,34)(H,35,36)/b19-3-. The number of H-pyrrole nitrogens is 2. The van der Waals surface area contributed by atoms with Crippen molar-refractivity contribution in [2.45, 2.75) is 25.8 Å². The van der Waals surface area contributed by atoms with Crippen LogP contribution in [0.3, 0.4) is 0 Å². The highest BCUT2D eigenvalue weighted by Gasteiger charge is 2.37. The molecular weight excluding hydrogens is 506 g/mol. The van der Waals surface area contributed by atoms with Crippen molar-refractivity contribution < 1.29 is 8.78 Å². The Bertz CT molecular complexity index is 1650. The fourth-order valence-corrected chi connectivity index (χ4v) is 5.43. The first-order chi connectivity index (χ1) is 18.4. The van der Waals surface area contributed by atoms with Gasteiger partial charge >= 0.3 is 0 Å². The fraction of sp³-hybridized carbons (Fsp3) is 0.222. The van der Waals surface area contributed by atoms with Crippen LogP contribution in [0.2, 0.25) is 0 Å². The van der Waals surface area contributed by atoms with Crippen LogP contribution in [0.15, 0.2) is 58.5 Å². The summed E-state index contributed by atoms with van der Waals surface area (Å²) in [7, 11) is 0. The molecule has 0 bridgehead atoms. The molecule has 0 aliphatic carbocycles. The quantitative estimate of drug-likeness (QED) is 0.248. The van der Waals surface area contributed by atoms with Crippen molar-refractivity contribution in [2.24, 2.45) is 4.99 Å². The van der Waals surface area contributed by atoms with Crippen molar-refractivity contribution in [2.75, 3.05) is 13.1 Å². The molecule has 1 fully saturated rings. The van der Waals surface area contributed by atoms with E-state index in [1.807, 2.05) is 42.6 Å². The second-order valence-corrected chi connectivity index (χ2v) is 10.00. The fourth-order valence-electron chi connectivity index (χ4n) is 4.78. The number of hydrogen-bond donors (Lipinski definition) is 2. The zero-order valence-corrected chi connectivity index (χ0v) is 21.4. The Morgan fingerprint density at radius 1 is 1.26 bits per heavy atom. The molecular formula is C27H24F2N8S. The van der Waals surface area contributed by atoms with Gasteiger partial charge < -0.3 is 4.98 Å². The van der Waals surface area contributed by atoms with E-state index >= 15 is 0 Å². The largest absolute Gasteiger partial charge is 0.321 e. The summed E-state index contributed by atoms with van der Waals surface area (Å²) in [6, 6.07) is 7.77. The van der Waals surface area contributed by atoms with Gasteiger partial charge in [-0.25, -0.2) is 23.7 Å². The summed E-state index contributed by atoms with van der Waals surface area (Å²) in [5, 5.41) is 11.6. The molecule has 0 atom stereocenters. The summed E-state index contributed by atoms with van der Waals surface area (Å²) in [4.78, 5) is 23.2. The van der Waals surface area contributed by atoms with Gasteiger partial charge in [0, 0.05) is 43.0 Å². The predicted molar refractivity (Wildman–Crippen MR) is 146 cm³/mol. The van der Waals surface area contributed by atoms with Crippen LogP contribution in [0, 0.1) is 0 Å². The Labute approximate surface area is 221 Å². The zero-order valence-electron chi connectivity index (χ0n) is 20.6. The van der Waals surface area contributed by atoms with Gasteiger partial charge in [-0.15, -0.1) is 0 Å². The summed E-state index contributed by atoms with van der Waals surface area (Å²) in [5.41, 5.74) is 6.99. The Kier molecular flexibility index (Phi) is 6.16. The molecule has 1 aliphatic rings. The van der Waals surface area contributed by atoms with Gasteiger partial charge in [0.25, 0.3) is 5.92 Å². The van der Waals surface area contributed by atoms with E-state index in [4.69, 9.17) is 9.97 Å². The number of halogens is 2. The highest BCUT2D eigenvalue weighted by atomic mass is 32.1. The molecule has 2 N–H and O–H groups in total. The van der Waals surface area contributed by atoms with Gasteiger partial charge in [-0.05, 0) is 59.8 Å². The minimum Gasteiger partial charge on any atom is -0.321 e. The van der Waals surface area contributed by atoms with E-state index in [1.54, 1.807) is 28.6 Å². The van der Waals surface area contributed by atoms with Crippen LogP contribution < -0.4 is 0 Å². The molecule has 0 radical (unpaired) electrons. The molecule has 192 valence electrons. The lowest BCUT2D eigenvalue weighted by molar-refractivity contribution is 0.0115. The van der Waals surface area contributed by atoms with E-state index in [2.05, 4.69) is 37.3 Å². The second-order valence-electron chi connectivity index (χ2n) is 9.22. The number of nitrogens with zero attached hydrogens (tertiary/aromatic N) is 6. The van der Waals surface area contributed by atoms with Gasteiger partial charge in [-0.2, -0.15) is 16.4 Å². The van der Waals surface area contributed by atoms with Crippen LogP contribution >= 0.6 is 11.3 Å². The number of thiophene rings is 1. The van der Waals surface area contributed by atoms with E-state index in [0.717, 1.165) is 27.8 Å². The number of aromatic amines is 2. The smallest absolute Gasteiger partial charge is 0.261 e. The summed E-state index contributed by atoms with van der Waals surface area (Å²) in [6.07, 6.45) is 5.32. The molecule has 11 heteroatoms. The number of aromatic nitrogens is 6. The number of pyridine rings is 2. The third kappa shape index (κ3) is 4.54. The zero-order chi connectivity index (χ0) is 26.3. The molecule has 5 aromatic heterocycles. The first kappa shape index (κ1) is 24.3. The van der Waals surface area contributed by atoms with Crippen molar-refractivity contribution in [3.8, 4) is 22.8 Å². The molecule has 0 spiro atoms. The van der Waals surface area contributed by atoms with Crippen LogP contribution in [0.5, 0.6) is 0 Å². The lowest BCUT2D eigenvalue weighted by Gasteiger charge is -2.15. The number of fused-ring (bicyclic) bond motifs is 1. The third-order valence-corrected chi connectivity index (χ3v) is 7.28. The van der Waals surface area contributed by atoms with Crippen LogP contribution in [0.25, 0.3) is 39.4 Å². The molecule has 0 saturated carbocycles. The summed E-state index contributed by atoms with van der Waals surface area (Å²) in [6.45, 7) is 6.23. The molecule has 38 heavy (non-hydrogen) atoms. The van der Waals surface area contributed by atoms with Gasteiger partial charge in [0.1, 0.15) is 11.2 Å². The van der Waals surface area contributed by atoms with Crippen molar-refractivity contribution in [1.29, 1.82) is 0 Å². The van der Waals surface area contributed by atoms with E-state index in [1.165, 1.54) is 0 Å². The van der Waals surface area contributed by atoms with E-state index in [-0.39, 0.29) is 13.0 Å². The van der Waals surface area contributed by atoms with Crippen molar-refractivity contribution >= 4 is 40.5 Å². The summed E-state index contributed by atoms with van der Waals surface area (Å²) < 4.78 is 27.3. The highest BCUT2D eigenvalue weighted by molar-refractivity contribution is 7.08. The van der Waals surface area contributed by atoms with Crippen molar-refractivity contribution in [3.63, 3.8) is 0 Å². The van der Waals surface area contributed by atoms with Gasteiger partial charge in [0.05, 0.1) is 17.8 Å². The lowest BCUT2D eigenvalue weighted by Crippen LogP contribution is -2.24. The number of alkyl halides is 2. The van der Waals surface area contributed by atoms with Crippen LogP contribution in [0.1, 0.15) is 30.2 Å². The molecule has 6 heterocycles. The van der Waals surface area contributed by atoms with Gasteiger partial charge in [0.2, 0.25) is 0 Å². The number of nitrogens with one attached hydrogen (secondary N) is 2. The maximum atomic E-state index is 13.6. The van der Waals surface area contributed by atoms with Gasteiger partial charge in [-0.1, -0.05) is 6.08 Å². The number of likely N-dealkylation sites (tertiary alicyclic amines) is 1. The molecule has 0 unspecified atom stereocenters. The normalized spacial score (nSPS) is 15.9. The Morgan fingerprint density at radius 3 is 2.89 bits per heavy atom. The number of rotatable bonds is 7. The molecule has 0 amide bonds. The van der Waals surface area contributed by atoms with Crippen molar-refractivity contribution in [1.82, 2.24) is 35.0 Å². The number of imidazole rings is 1. The second kappa shape index (κ2) is 9.66. The summed E-state index contributed by atoms with van der Waals surface area (Å²) >= 11 is 1.61. The number of allylic oxidation sites excluding steroid dienone is 1. The van der Waals surface area contributed by atoms with Gasteiger partial charge in [0.15, 0.2) is 17.3 Å². The Hall–Kier alpha value is -4.09. The lowest BCUT2D eigenvalue weighted by atomic mass is 10.1. The maximum Gasteiger partial charge on any atom is 0.261 e. The Balaban J connectivity index is 1.34. The summed E-state index contributed by atoms with van der Waals surface area (Å²) in [5.74, 6) is -1.55. The third-order valence-electron chi connectivity index (χ3n) is 6.60. The van der Waals surface area contributed by atoms with Crippen LogP contribution in [-0.4, -0.2) is 60.8 Å². The average Bonchev–Trinajstić information content (AvgIpc) is 3.71. The first-order valence-corrected chi connectivity index (χ1v) is 13.0. The van der Waals surface area contributed by atoms with Crippen LogP contribution in [-0.2, 0) is 6.54 Å². The van der Waals surface area contributed by atoms with E-state index < -0.39 is 5.92 Å². The Morgan fingerprint density at radius 2 is 2.16 bits per heavy atom. The molecule has 1 aliphatic heterocycles. The first-order valence-electron chi connectivity index (χ1n) is 12.1. The SMILES string of the molecule is C=Nc1[nH]c(-c2n[nH]c3ccc(-c4cncc(CN5CCC(F)(F)C5)c4)nc23)nc1/C(=C\C)c1ccsc1. The number of aliphatic imine (C=N–C) groups is 1.